The van der Waals surface area contributed by atoms with Crippen molar-refractivity contribution in [3.63, 3.8) is 0 Å². The van der Waals surface area contributed by atoms with Gasteiger partial charge in [-0.3, -0.25) is 4.79 Å². The summed E-state index contributed by atoms with van der Waals surface area (Å²) in [6.07, 6.45) is 1.47. The van der Waals surface area contributed by atoms with Crippen molar-refractivity contribution < 1.29 is 18.3 Å². The van der Waals surface area contributed by atoms with Gasteiger partial charge in [0.15, 0.2) is 5.03 Å². The molecule has 3 heterocycles. The van der Waals surface area contributed by atoms with Crippen LogP contribution in [0.3, 0.4) is 0 Å². The van der Waals surface area contributed by atoms with Gasteiger partial charge in [0, 0.05) is 32.4 Å². The number of carbonyl (C=O) groups is 1. The highest BCUT2D eigenvalue weighted by atomic mass is 32.2. The second kappa shape index (κ2) is 7.70. The first-order valence-corrected chi connectivity index (χ1v) is 10.9. The average molecular weight is 413 g/mol. The second-order valence-electron chi connectivity index (χ2n) is 7.49. The number of aliphatic hydroxyl groups excluding tert-OH is 1. The van der Waals surface area contributed by atoms with E-state index in [-0.39, 0.29) is 17.5 Å². The Kier molecular flexibility index (Phi) is 5.24. The summed E-state index contributed by atoms with van der Waals surface area (Å²) in [5.74, 6) is -0.664. The smallest absolute Gasteiger partial charge is 0.261 e. The molecule has 1 aromatic carbocycles. The van der Waals surface area contributed by atoms with Gasteiger partial charge in [0.1, 0.15) is 0 Å². The fourth-order valence-electron chi connectivity index (χ4n) is 3.54. The van der Waals surface area contributed by atoms with E-state index in [2.05, 4.69) is 4.98 Å². The van der Waals surface area contributed by atoms with Crippen molar-refractivity contribution in [2.75, 3.05) is 32.8 Å². The third kappa shape index (κ3) is 3.71. The van der Waals surface area contributed by atoms with Crippen LogP contribution in [0.1, 0.15) is 17.0 Å². The predicted molar refractivity (Wildman–Crippen MR) is 108 cm³/mol. The van der Waals surface area contributed by atoms with E-state index in [1.807, 2.05) is 31.2 Å². The lowest BCUT2D eigenvalue weighted by atomic mass is 9.92. The van der Waals surface area contributed by atoms with Crippen LogP contribution in [0.2, 0.25) is 0 Å². The number of rotatable bonds is 5. The van der Waals surface area contributed by atoms with Crippen LogP contribution >= 0.6 is 0 Å². The Morgan fingerprint density at radius 1 is 1.07 bits per heavy atom. The molecule has 4 rings (SSSR count). The van der Waals surface area contributed by atoms with Crippen LogP contribution in [0.4, 0.5) is 0 Å². The van der Waals surface area contributed by atoms with Gasteiger partial charge < -0.3 is 10.0 Å². The number of pyridine rings is 1. The van der Waals surface area contributed by atoms with Crippen LogP contribution in [0.5, 0.6) is 0 Å². The number of amides is 1. The summed E-state index contributed by atoms with van der Waals surface area (Å²) in [6.45, 7) is 3.42. The standard InChI is InChI=1S/C21H23N3O4S/c1-15-5-7-16(8-6-15)19(14-25)21(26)23-10-17(11-23)18-12-24(13-18)29(27,28)20-4-2-3-9-22-20/h2-9,19,25H,10-14H2,1H3. The lowest BCUT2D eigenvalue weighted by Gasteiger charge is -2.42. The number of likely N-dealkylation sites (tertiary alicyclic amines) is 1. The van der Waals surface area contributed by atoms with Gasteiger partial charge in [0.25, 0.3) is 10.0 Å². The molecule has 0 saturated carbocycles. The number of hydrogen-bond donors (Lipinski definition) is 1. The van der Waals surface area contributed by atoms with Crippen molar-refractivity contribution in [3.8, 4) is 0 Å². The Morgan fingerprint density at radius 2 is 1.72 bits per heavy atom. The molecule has 2 aromatic rings. The average Bonchev–Trinajstić information content (AvgIpc) is 2.65. The largest absolute Gasteiger partial charge is 0.395 e. The lowest BCUT2D eigenvalue weighted by Crippen LogP contribution is -2.52. The SMILES string of the molecule is Cc1ccc(C(CO)C(=O)N2CC(=C3CN(S(=O)(=O)c4ccccn4)C3)C2)cc1. The maximum absolute atomic E-state index is 12.8. The molecule has 0 aliphatic carbocycles. The molecule has 2 fully saturated rings. The number of hydrogen-bond acceptors (Lipinski definition) is 5. The maximum Gasteiger partial charge on any atom is 0.261 e. The number of aliphatic hydroxyl groups is 1. The zero-order chi connectivity index (χ0) is 20.6. The number of nitrogens with zero attached hydrogens (tertiary/aromatic N) is 3. The van der Waals surface area contributed by atoms with Crippen LogP contribution in [0, 0.1) is 6.92 Å². The molecule has 0 bridgehead atoms. The van der Waals surface area contributed by atoms with Crippen molar-refractivity contribution in [1.82, 2.24) is 14.2 Å². The molecule has 152 valence electrons. The molecule has 1 aromatic heterocycles. The topological polar surface area (TPSA) is 90.8 Å². The van der Waals surface area contributed by atoms with Gasteiger partial charge in [-0.2, -0.15) is 4.31 Å². The summed E-state index contributed by atoms with van der Waals surface area (Å²) in [4.78, 5) is 18.4. The van der Waals surface area contributed by atoms with Crippen LogP contribution in [0.25, 0.3) is 0 Å². The molecule has 0 radical (unpaired) electrons. The van der Waals surface area contributed by atoms with Gasteiger partial charge in [-0.1, -0.05) is 35.9 Å². The van der Waals surface area contributed by atoms with Crippen LogP contribution in [-0.4, -0.2) is 66.4 Å². The van der Waals surface area contributed by atoms with Gasteiger partial charge >= 0.3 is 0 Å². The van der Waals surface area contributed by atoms with Gasteiger partial charge in [-0.05, 0) is 35.8 Å². The van der Waals surface area contributed by atoms with Crippen LogP contribution < -0.4 is 0 Å². The Balaban J connectivity index is 1.37. The number of aromatic nitrogens is 1. The Bertz CT molecular complexity index is 1030. The Hall–Kier alpha value is -2.55. The van der Waals surface area contributed by atoms with E-state index >= 15 is 0 Å². The maximum atomic E-state index is 12.8. The van der Waals surface area contributed by atoms with Gasteiger partial charge in [0.05, 0.1) is 12.5 Å². The molecule has 2 aliphatic heterocycles. The Labute approximate surface area is 170 Å². The highest BCUT2D eigenvalue weighted by Gasteiger charge is 2.39. The van der Waals surface area contributed by atoms with Crippen molar-refractivity contribution in [1.29, 1.82) is 0 Å². The molecule has 0 spiro atoms. The Morgan fingerprint density at radius 3 is 2.31 bits per heavy atom. The summed E-state index contributed by atoms with van der Waals surface area (Å²) in [7, 11) is -3.57. The summed E-state index contributed by atoms with van der Waals surface area (Å²) in [5, 5.41) is 9.77. The predicted octanol–water partition coefficient (Wildman–Crippen LogP) is 1.31. The minimum atomic E-state index is -3.57. The molecule has 1 atom stereocenters. The van der Waals surface area contributed by atoms with E-state index < -0.39 is 15.9 Å². The number of aryl methyl sites for hydroxylation is 1. The molecule has 1 N–H and O–H groups in total. The second-order valence-corrected chi connectivity index (χ2v) is 9.37. The van der Waals surface area contributed by atoms with Gasteiger partial charge in [0.2, 0.25) is 5.91 Å². The highest BCUT2D eigenvalue weighted by Crippen LogP contribution is 2.31. The normalized spacial score (nSPS) is 18.2. The minimum absolute atomic E-state index is 0.0540. The molecular formula is C21H23N3O4S. The molecule has 2 saturated heterocycles. The van der Waals surface area contributed by atoms with Crippen molar-refractivity contribution in [2.24, 2.45) is 0 Å². The number of carbonyl (C=O) groups excluding carboxylic acids is 1. The molecule has 8 heteroatoms. The third-order valence-electron chi connectivity index (χ3n) is 5.51. The first-order valence-electron chi connectivity index (χ1n) is 9.47. The van der Waals surface area contributed by atoms with E-state index in [1.165, 1.54) is 16.6 Å². The molecule has 1 amide bonds. The highest BCUT2D eigenvalue weighted by molar-refractivity contribution is 7.89. The van der Waals surface area contributed by atoms with Gasteiger partial charge in [-0.25, -0.2) is 13.4 Å². The van der Waals surface area contributed by atoms with Crippen molar-refractivity contribution in [2.45, 2.75) is 17.9 Å². The fraction of sp³-hybridized carbons (Fsp3) is 0.333. The van der Waals surface area contributed by atoms with E-state index in [0.29, 0.717) is 26.2 Å². The van der Waals surface area contributed by atoms with E-state index in [1.54, 1.807) is 17.0 Å². The molecular weight excluding hydrogens is 390 g/mol. The molecule has 1 unspecified atom stereocenters. The minimum Gasteiger partial charge on any atom is -0.395 e. The van der Waals surface area contributed by atoms with Crippen molar-refractivity contribution >= 4 is 15.9 Å². The quantitative estimate of drug-likeness (QED) is 0.747. The zero-order valence-electron chi connectivity index (χ0n) is 16.2. The first kappa shape index (κ1) is 19.8. The third-order valence-corrected chi connectivity index (χ3v) is 7.22. The van der Waals surface area contributed by atoms with E-state index in [4.69, 9.17) is 0 Å². The fourth-order valence-corrected chi connectivity index (χ4v) is 4.90. The van der Waals surface area contributed by atoms with Crippen molar-refractivity contribution in [3.05, 3.63) is 70.9 Å². The summed E-state index contributed by atoms with van der Waals surface area (Å²) in [5.41, 5.74) is 4.07. The summed E-state index contributed by atoms with van der Waals surface area (Å²) in [6, 6.07) is 12.4. The van der Waals surface area contributed by atoms with Crippen LogP contribution in [-0.2, 0) is 14.8 Å². The van der Waals surface area contributed by atoms with Gasteiger partial charge in [-0.15, -0.1) is 0 Å². The first-order chi connectivity index (χ1) is 13.9. The monoisotopic (exact) mass is 413 g/mol. The number of sulfonamides is 1. The molecule has 2 aliphatic rings. The lowest BCUT2D eigenvalue weighted by molar-refractivity contribution is -0.135. The summed E-state index contributed by atoms with van der Waals surface area (Å²) < 4.78 is 26.4. The number of benzene rings is 1. The van der Waals surface area contributed by atoms with E-state index in [0.717, 1.165) is 22.3 Å². The zero-order valence-corrected chi connectivity index (χ0v) is 17.0. The van der Waals surface area contributed by atoms with E-state index in [9.17, 15) is 18.3 Å². The molecule has 29 heavy (non-hydrogen) atoms. The van der Waals surface area contributed by atoms with Crippen LogP contribution in [0.15, 0.2) is 64.8 Å². The molecule has 7 nitrogen and oxygen atoms in total. The summed E-state index contributed by atoms with van der Waals surface area (Å²) >= 11 is 0.